The van der Waals surface area contributed by atoms with Crippen LogP contribution in [0.1, 0.15) is 36.3 Å². The Balaban J connectivity index is 1.07. The molecule has 2 saturated heterocycles. The van der Waals surface area contributed by atoms with Gasteiger partial charge in [-0.25, -0.2) is 24.9 Å². The van der Waals surface area contributed by atoms with E-state index in [1.165, 1.54) is 0 Å². The lowest BCUT2D eigenvalue weighted by Gasteiger charge is -2.33. The summed E-state index contributed by atoms with van der Waals surface area (Å²) in [6.45, 7) is 5.26. The van der Waals surface area contributed by atoms with Crippen LogP contribution in [-0.2, 0) is 16.0 Å². The molecule has 4 aromatic rings. The predicted molar refractivity (Wildman–Crippen MR) is 157 cm³/mol. The number of nitrogens with zero attached hydrogens (tertiary/aromatic N) is 6. The molecule has 2 aliphatic heterocycles. The molecular weight excluding hydrogens is 516 g/mol. The van der Waals surface area contributed by atoms with Crippen LogP contribution in [0, 0.1) is 12.8 Å². The highest BCUT2D eigenvalue weighted by molar-refractivity contribution is 5.74. The fraction of sp³-hybridized carbons (Fsp3) is 0.355. The number of carbonyl (C=O) groups is 1. The van der Waals surface area contributed by atoms with Gasteiger partial charge in [-0.05, 0) is 74.7 Å². The van der Waals surface area contributed by atoms with Crippen LogP contribution >= 0.6 is 0 Å². The van der Waals surface area contributed by atoms with Gasteiger partial charge in [0.15, 0.2) is 5.82 Å². The Hall–Kier alpha value is -4.44. The quantitative estimate of drug-likeness (QED) is 0.311. The fourth-order valence-electron chi connectivity index (χ4n) is 5.30. The summed E-state index contributed by atoms with van der Waals surface area (Å²) >= 11 is 0. The molecule has 0 saturated carbocycles. The Morgan fingerprint density at radius 3 is 2.63 bits per heavy atom. The zero-order chi connectivity index (χ0) is 28.0. The first-order chi connectivity index (χ1) is 20.1. The Morgan fingerprint density at radius 2 is 1.83 bits per heavy atom. The average molecular weight is 551 g/mol. The molecule has 2 atom stereocenters. The fourth-order valence-corrected chi connectivity index (χ4v) is 5.30. The lowest BCUT2D eigenvalue weighted by atomic mass is 9.97. The third-order valence-corrected chi connectivity index (χ3v) is 7.45. The van der Waals surface area contributed by atoms with Gasteiger partial charge in [0.25, 0.3) is 0 Å². The zero-order valence-electron chi connectivity index (χ0n) is 23.2. The highest BCUT2D eigenvalue weighted by atomic mass is 16.5. The minimum Gasteiger partial charge on any atom is -0.461 e. The lowest BCUT2D eigenvalue weighted by molar-refractivity contribution is -0.153. The number of piperidine rings is 1. The molecule has 210 valence electrons. The number of pyridine rings is 1. The van der Waals surface area contributed by atoms with Crippen LogP contribution in [0.25, 0.3) is 11.5 Å². The molecule has 2 fully saturated rings. The number of rotatable bonds is 8. The van der Waals surface area contributed by atoms with Crippen LogP contribution in [0.2, 0.25) is 0 Å². The summed E-state index contributed by atoms with van der Waals surface area (Å²) < 4.78 is 5.74. The Kier molecular flexibility index (Phi) is 8.09. The third-order valence-electron chi connectivity index (χ3n) is 7.45. The summed E-state index contributed by atoms with van der Waals surface area (Å²) in [5.74, 6) is 2.42. The van der Waals surface area contributed by atoms with Crippen LogP contribution in [0.4, 0.5) is 17.3 Å². The maximum Gasteiger partial charge on any atom is 0.311 e. The number of hydrogen-bond donors (Lipinski definition) is 2. The Bertz CT molecular complexity index is 1490. The normalized spacial score (nSPS) is 18.7. The third kappa shape index (κ3) is 6.83. The number of nitrogens with one attached hydrogen (secondary N) is 2. The summed E-state index contributed by atoms with van der Waals surface area (Å²) in [6, 6.07) is 17.9. The van der Waals surface area contributed by atoms with Crippen molar-refractivity contribution in [2.45, 2.75) is 38.7 Å². The number of aryl methyl sites for hydroxylation is 1. The molecule has 0 bridgehead atoms. The highest BCUT2D eigenvalue weighted by Crippen LogP contribution is 2.26. The summed E-state index contributed by atoms with van der Waals surface area (Å²) in [6.07, 6.45) is 6.84. The van der Waals surface area contributed by atoms with Crippen molar-refractivity contribution in [3.8, 4) is 11.5 Å². The SMILES string of the molecule is Cc1cccc(-c2nccc(Nc3ccnc(Cc4ccc(N5CCCC(C(=O)OC6CCNC6)C5)cc4)n3)n2)n1. The molecule has 2 N–H and O–H groups in total. The van der Waals surface area contributed by atoms with Crippen molar-refractivity contribution in [2.24, 2.45) is 5.92 Å². The lowest BCUT2D eigenvalue weighted by Crippen LogP contribution is -2.40. The van der Waals surface area contributed by atoms with Gasteiger partial charge in [0.1, 0.15) is 29.3 Å². The maximum atomic E-state index is 12.7. The van der Waals surface area contributed by atoms with E-state index in [0.717, 1.165) is 61.5 Å². The van der Waals surface area contributed by atoms with Crippen LogP contribution in [0.15, 0.2) is 67.0 Å². The van der Waals surface area contributed by atoms with Crippen LogP contribution < -0.4 is 15.5 Å². The van der Waals surface area contributed by atoms with Gasteiger partial charge in [0.05, 0.1) is 5.92 Å². The topological polar surface area (TPSA) is 118 Å². The van der Waals surface area contributed by atoms with Crippen molar-refractivity contribution in [1.29, 1.82) is 0 Å². The van der Waals surface area contributed by atoms with Crippen molar-refractivity contribution in [3.05, 3.63) is 84.1 Å². The van der Waals surface area contributed by atoms with E-state index in [4.69, 9.17) is 9.72 Å². The molecule has 10 heteroatoms. The number of aromatic nitrogens is 5. The van der Waals surface area contributed by atoms with Gasteiger partial charge < -0.3 is 20.3 Å². The van der Waals surface area contributed by atoms with Gasteiger partial charge >= 0.3 is 5.97 Å². The number of carbonyl (C=O) groups excluding carboxylic acids is 1. The zero-order valence-corrected chi connectivity index (χ0v) is 23.2. The molecule has 10 nitrogen and oxygen atoms in total. The van der Waals surface area contributed by atoms with Crippen molar-refractivity contribution < 1.29 is 9.53 Å². The van der Waals surface area contributed by atoms with Crippen molar-refractivity contribution in [2.75, 3.05) is 36.4 Å². The van der Waals surface area contributed by atoms with E-state index >= 15 is 0 Å². The largest absolute Gasteiger partial charge is 0.461 e. The van der Waals surface area contributed by atoms with Gasteiger partial charge in [0.2, 0.25) is 0 Å². The first-order valence-corrected chi connectivity index (χ1v) is 14.2. The summed E-state index contributed by atoms with van der Waals surface area (Å²) in [5, 5.41) is 6.52. The van der Waals surface area contributed by atoms with Crippen molar-refractivity contribution in [1.82, 2.24) is 30.2 Å². The monoisotopic (exact) mass is 550 g/mol. The molecule has 5 heterocycles. The van der Waals surface area contributed by atoms with Crippen LogP contribution in [-0.4, -0.2) is 63.2 Å². The minimum absolute atomic E-state index is 0.0161. The molecule has 0 spiro atoms. The van der Waals surface area contributed by atoms with Gasteiger partial charge in [-0.3, -0.25) is 4.79 Å². The van der Waals surface area contributed by atoms with Crippen LogP contribution in [0.5, 0.6) is 0 Å². The molecule has 6 rings (SSSR count). The number of hydrogen-bond acceptors (Lipinski definition) is 10. The molecule has 3 aromatic heterocycles. The molecule has 2 unspecified atom stereocenters. The molecule has 2 aliphatic rings. The number of anilines is 3. The van der Waals surface area contributed by atoms with E-state index in [2.05, 4.69) is 59.7 Å². The first kappa shape index (κ1) is 26.8. The van der Waals surface area contributed by atoms with E-state index in [1.807, 2.05) is 31.2 Å². The van der Waals surface area contributed by atoms with Gasteiger partial charge in [-0.15, -0.1) is 0 Å². The maximum absolute atomic E-state index is 12.7. The second kappa shape index (κ2) is 12.4. The van der Waals surface area contributed by atoms with E-state index in [9.17, 15) is 4.79 Å². The standard InChI is InChI=1S/C31H34N8O2/c1-21-4-2-6-26(35-21)30-34-16-13-28(38-30)36-27-12-15-33-29(37-27)18-22-7-9-24(10-8-22)39-17-3-5-23(20-39)31(40)41-25-11-14-32-19-25/h2,4,6-10,12-13,15-16,23,25,32H,3,5,11,14,17-20H2,1H3,(H,33,34,36,37,38). The Morgan fingerprint density at radius 1 is 1.00 bits per heavy atom. The molecule has 1 aromatic carbocycles. The van der Waals surface area contributed by atoms with E-state index in [0.29, 0.717) is 36.3 Å². The Labute approximate surface area is 239 Å². The second-order valence-electron chi connectivity index (χ2n) is 10.6. The molecule has 0 amide bonds. The number of benzene rings is 1. The molecular formula is C31H34N8O2. The minimum atomic E-state index is -0.0771. The number of ether oxygens (including phenoxy) is 1. The van der Waals surface area contributed by atoms with Crippen molar-refractivity contribution in [3.63, 3.8) is 0 Å². The summed E-state index contributed by atoms with van der Waals surface area (Å²) in [4.78, 5) is 37.7. The van der Waals surface area contributed by atoms with Gasteiger partial charge in [-0.2, -0.15) is 0 Å². The molecule has 0 aliphatic carbocycles. The van der Waals surface area contributed by atoms with Gasteiger partial charge in [0, 0.05) is 49.8 Å². The highest BCUT2D eigenvalue weighted by Gasteiger charge is 2.30. The van der Waals surface area contributed by atoms with E-state index in [1.54, 1.807) is 18.5 Å². The summed E-state index contributed by atoms with van der Waals surface area (Å²) in [7, 11) is 0. The summed E-state index contributed by atoms with van der Waals surface area (Å²) in [5.41, 5.74) is 3.87. The predicted octanol–water partition coefficient (Wildman–Crippen LogP) is 4.09. The molecule has 0 radical (unpaired) electrons. The van der Waals surface area contributed by atoms with Crippen LogP contribution in [0.3, 0.4) is 0 Å². The van der Waals surface area contributed by atoms with Crippen molar-refractivity contribution >= 4 is 23.3 Å². The van der Waals surface area contributed by atoms with Gasteiger partial charge in [-0.1, -0.05) is 18.2 Å². The number of esters is 1. The van der Waals surface area contributed by atoms with E-state index < -0.39 is 0 Å². The average Bonchev–Trinajstić information content (AvgIpc) is 3.51. The van der Waals surface area contributed by atoms with E-state index in [-0.39, 0.29) is 18.0 Å². The second-order valence-corrected chi connectivity index (χ2v) is 10.6. The first-order valence-electron chi connectivity index (χ1n) is 14.2. The molecule has 41 heavy (non-hydrogen) atoms. The smallest absolute Gasteiger partial charge is 0.311 e.